The number of aliphatic imine (C=N–C) groups is 1. The molecule has 2 aliphatic heterocycles. The molecule has 0 aliphatic carbocycles. The molecule has 0 saturated carbocycles. The van der Waals surface area contributed by atoms with Crippen molar-refractivity contribution in [1.29, 1.82) is 0 Å². The molecule has 0 bridgehead atoms. The first-order chi connectivity index (χ1) is 12.2. The van der Waals surface area contributed by atoms with E-state index in [0.717, 1.165) is 37.1 Å². The number of hydrogen-bond acceptors (Lipinski definition) is 2. The van der Waals surface area contributed by atoms with Crippen LogP contribution in [-0.2, 0) is 16.8 Å². The summed E-state index contributed by atoms with van der Waals surface area (Å²) in [5.41, 5.74) is 4.53. The van der Waals surface area contributed by atoms with Crippen LogP contribution in [0.3, 0.4) is 0 Å². The number of nitrogens with zero attached hydrogens (tertiary/aromatic N) is 2. The SMILES string of the molecule is CCC1=NCCC[C@@]12CC(=O)N(Cc1ccccc1)c1ccccc12. The van der Waals surface area contributed by atoms with Crippen LogP contribution in [0.5, 0.6) is 0 Å². The van der Waals surface area contributed by atoms with Gasteiger partial charge in [0, 0.05) is 29.8 Å². The summed E-state index contributed by atoms with van der Waals surface area (Å²) in [4.78, 5) is 19.9. The number of carbonyl (C=O) groups excluding carboxylic acids is 1. The van der Waals surface area contributed by atoms with Gasteiger partial charge in [-0.25, -0.2) is 0 Å². The van der Waals surface area contributed by atoms with Crippen molar-refractivity contribution in [2.75, 3.05) is 11.4 Å². The van der Waals surface area contributed by atoms with Gasteiger partial charge in [-0.1, -0.05) is 55.5 Å². The fourth-order valence-electron chi connectivity index (χ4n) is 4.46. The topological polar surface area (TPSA) is 32.7 Å². The molecule has 0 radical (unpaired) electrons. The third kappa shape index (κ3) is 2.68. The number of anilines is 1. The number of benzene rings is 2. The highest BCUT2D eigenvalue weighted by molar-refractivity contribution is 6.07. The second-order valence-electron chi connectivity index (χ2n) is 7.03. The highest BCUT2D eigenvalue weighted by Crippen LogP contribution is 2.47. The summed E-state index contributed by atoms with van der Waals surface area (Å²) in [5.74, 6) is 0.214. The minimum Gasteiger partial charge on any atom is -0.308 e. The van der Waals surface area contributed by atoms with E-state index < -0.39 is 0 Å². The van der Waals surface area contributed by atoms with Gasteiger partial charge in [0.25, 0.3) is 0 Å². The molecule has 0 aromatic heterocycles. The van der Waals surface area contributed by atoms with Crippen molar-refractivity contribution in [3.05, 3.63) is 65.7 Å². The van der Waals surface area contributed by atoms with E-state index in [1.54, 1.807) is 0 Å². The first-order valence-electron chi connectivity index (χ1n) is 9.22. The van der Waals surface area contributed by atoms with Gasteiger partial charge in [0.15, 0.2) is 0 Å². The molecule has 3 heteroatoms. The molecular formula is C22H24N2O. The van der Waals surface area contributed by atoms with Gasteiger partial charge in [-0.05, 0) is 36.5 Å². The first-order valence-corrected chi connectivity index (χ1v) is 9.22. The zero-order chi connectivity index (χ0) is 17.3. The Labute approximate surface area is 149 Å². The van der Waals surface area contributed by atoms with Crippen LogP contribution in [0.2, 0.25) is 0 Å². The minimum absolute atomic E-state index is 0.187. The average Bonchev–Trinajstić information content (AvgIpc) is 2.66. The van der Waals surface area contributed by atoms with Crippen molar-refractivity contribution >= 4 is 17.3 Å². The zero-order valence-electron chi connectivity index (χ0n) is 14.7. The van der Waals surface area contributed by atoms with Gasteiger partial charge in [-0.3, -0.25) is 9.79 Å². The van der Waals surface area contributed by atoms with E-state index in [-0.39, 0.29) is 11.3 Å². The van der Waals surface area contributed by atoms with Crippen molar-refractivity contribution in [2.45, 2.75) is 44.6 Å². The third-order valence-corrected chi connectivity index (χ3v) is 5.60. The maximum atomic E-state index is 13.2. The van der Waals surface area contributed by atoms with Gasteiger partial charge in [0.2, 0.25) is 5.91 Å². The standard InChI is InChI=1S/C22H24N2O/c1-2-20-22(13-8-14-23-20)15-21(25)24(16-17-9-4-3-5-10-17)19-12-7-6-11-18(19)22/h3-7,9-12H,2,8,13-16H2,1H3/t22-/m0/s1. The van der Waals surface area contributed by atoms with E-state index in [4.69, 9.17) is 4.99 Å². The monoisotopic (exact) mass is 332 g/mol. The molecule has 1 atom stereocenters. The number of hydrogen-bond donors (Lipinski definition) is 0. The second-order valence-corrected chi connectivity index (χ2v) is 7.03. The van der Waals surface area contributed by atoms with Crippen molar-refractivity contribution < 1.29 is 4.79 Å². The molecule has 2 aliphatic rings. The summed E-state index contributed by atoms with van der Waals surface area (Å²) < 4.78 is 0. The Morgan fingerprint density at radius 1 is 1.08 bits per heavy atom. The molecule has 0 unspecified atom stereocenters. The lowest BCUT2D eigenvalue weighted by Crippen LogP contribution is -2.49. The van der Waals surface area contributed by atoms with Crippen LogP contribution >= 0.6 is 0 Å². The molecular weight excluding hydrogens is 308 g/mol. The molecule has 2 aromatic carbocycles. The lowest BCUT2D eigenvalue weighted by molar-refractivity contribution is -0.120. The molecule has 0 N–H and O–H groups in total. The van der Waals surface area contributed by atoms with Crippen LogP contribution in [0, 0.1) is 0 Å². The van der Waals surface area contributed by atoms with Gasteiger partial charge in [-0.2, -0.15) is 0 Å². The Morgan fingerprint density at radius 3 is 2.64 bits per heavy atom. The van der Waals surface area contributed by atoms with E-state index >= 15 is 0 Å². The van der Waals surface area contributed by atoms with Gasteiger partial charge >= 0.3 is 0 Å². The van der Waals surface area contributed by atoms with E-state index in [1.807, 2.05) is 29.2 Å². The number of amides is 1. The Balaban J connectivity index is 1.80. The molecule has 2 aromatic rings. The van der Waals surface area contributed by atoms with Crippen LogP contribution in [0.4, 0.5) is 5.69 Å². The van der Waals surface area contributed by atoms with E-state index in [2.05, 4.69) is 37.3 Å². The quantitative estimate of drug-likeness (QED) is 0.814. The van der Waals surface area contributed by atoms with Crippen molar-refractivity contribution in [3.8, 4) is 0 Å². The third-order valence-electron chi connectivity index (χ3n) is 5.60. The number of rotatable bonds is 3. The number of para-hydroxylation sites is 1. The smallest absolute Gasteiger partial charge is 0.228 e. The summed E-state index contributed by atoms with van der Waals surface area (Å²) >= 11 is 0. The van der Waals surface area contributed by atoms with Crippen LogP contribution in [0.15, 0.2) is 59.6 Å². The van der Waals surface area contributed by atoms with Crippen molar-refractivity contribution in [3.63, 3.8) is 0 Å². The first kappa shape index (κ1) is 16.1. The molecule has 1 spiro atoms. The van der Waals surface area contributed by atoms with E-state index in [0.29, 0.717) is 13.0 Å². The molecule has 128 valence electrons. The molecule has 0 saturated heterocycles. The Hall–Kier alpha value is -2.42. The molecule has 3 nitrogen and oxygen atoms in total. The predicted octanol–water partition coefficient (Wildman–Crippen LogP) is 4.51. The predicted molar refractivity (Wildman–Crippen MR) is 102 cm³/mol. The highest BCUT2D eigenvalue weighted by atomic mass is 16.2. The minimum atomic E-state index is -0.187. The molecule has 1 amide bonds. The Morgan fingerprint density at radius 2 is 1.84 bits per heavy atom. The zero-order valence-corrected chi connectivity index (χ0v) is 14.7. The van der Waals surface area contributed by atoms with Crippen LogP contribution < -0.4 is 4.90 Å². The number of carbonyl (C=O) groups is 1. The summed E-state index contributed by atoms with van der Waals surface area (Å²) in [6, 6.07) is 18.7. The lowest BCUT2D eigenvalue weighted by atomic mass is 9.66. The van der Waals surface area contributed by atoms with Gasteiger partial charge in [0.05, 0.1) is 6.54 Å². The van der Waals surface area contributed by atoms with E-state index in [1.165, 1.54) is 11.3 Å². The highest BCUT2D eigenvalue weighted by Gasteiger charge is 2.46. The molecule has 0 fully saturated rings. The fourth-order valence-corrected chi connectivity index (χ4v) is 4.46. The van der Waals surface area contributed by atoms with Gasteiger partial charge in [0.1, 0.15) is 0 Å². The number of fused-ring (bicyclic) bond motifs is 2. The average molecular weight is 332 g/mol. The van der Waals surface area contributed by atoms with Crippen molar-refractivity contribution in [2.24, 2.45) is 4.99 Å². The maximum Gasteiger partial charge on any atom is 0.228 e. The fraction of sp³-hybridized carbons (Fsp3) is 0.364. The summed E-state index contributed by atoms with van der Waals surface area (Å²) in [6.07, 6.45) is 3.55. The lowest BCUT2D eigenvalue weighted by Gasteiger charge is -2.45. The normalized spacial score (nSPS) is 22.7. The van der Waals surface area contributed by atoms with E-state index in [9.17, 15) is 4.79 Å². The molecule has 25 heavy (non-hydrogen) atoms. The summed E-state index contributed by atoms with van der Waals surface area (Å²) in [7, 11) is 0. The summed E-state index contributed by atoms with van der Waals surface area (Å²) in [6.45, 7) is 3.69. The largest absolute Gasteiger partial charge is 0.308 e. The van der Waals surface area contributed by atoms with Gasteiger partial charge in [-0.15, -0.1) is 0 Å². The van der Waals surface area contributed by atoms with Crippen LogP contribution in [0.1, 0.15) is 43.7 Å². The maximum absolute atomic E-state index is 13.2. The van der Waals surface area contributed by atoms with Gasteiger partial charge < -0.3 is 4.90 Å². The van der Waals surface area contributed by atoms with Crippen LogP contribution in [-0.4, -0.2) is 18.2 Å². The molecule has 2 heterocycles. The van der Waals surface area contributed by atoms with Crippen LogP contribution in [0.25, 0.3) is 0 Å². The Bertz CT molecular complexity index is 812. The van der Waals surface area contributed by atoms with Crippen molar-refractivity contribution in [1.82, 2.24) is 0 Å². The Kier molecular flexibility index (Phi) is 4.16. The second kappa shape index (κ2) is 6.47. The summed E-state index contributed by atoms with van der Waals surface area (Å²) in [5, 5.41) is 0. The molecule has 4 rings (SSSR count).